The molecule has 24 heavy (non-hydrogen) atoms. The number of halogens is 2. The summed E-state index contributed by atoms with van der Waals surface area (Å²) < 4.78 is 1.83. The minimum Gasteiger partial charge on any atom is -0.351 e. The lowest BCUT2D eigenvalue weighted by Crippen LogP contribution is -2.31. The summed E-state index contributed by atoms with van der Waals surface area (Å²) in [5, 5.41) is 11.5. The molecule has 0 spiro atoms. The number of carbonyl (C=O) groups is 1. The lowest BCUT2D eigenvalue weighted by Gasteiger charge is -2.08. The summed E-state index contributed by atoms with van der Waals surface area (Å²) in [4.78, 5) is 12.0. The third kappa shape index (κ3) is 4.97. The van der Waals surface area contributed by atoms with E-state index in [1.54, 1.807) is 18.2 Å². The Balaban J connectivity index is 1.77. The van der Waals surface area contributed by atoms with E-state index in [2.05, 4.69) is 29.6 Å². The molecule has 0 saturated heterocycles. The lowest BCUT2D eigenvalue weighted by molar-refractivity contribution is 0.0954. The van der Waals surface area contributed by atoms with Gasteiger partial charge >= 0.3 is 0 Å². The van der Waals surface area contributed by atoms with Crippen molar-refractivity contribution in [1.29, 1.82) is 0 Å². The van der Waals surface area contributed by atoms with Gasteiger partial charge in [-0.1, -0.05) is 37.0 Å². The van der Waals surface area contributed by atoms with Crippen LogP contribution in [0.5, 0.6) is 0 Å². The van der Waals surface area contributed by atoms with Crippen molar-refractivity contribution < 1.29 is 4.79 Å². The maximum Gasteiger partial charge on any atom is 0.251 e. The van der Waals surface area contributed by atoms with Gasteiger partial charge in [0.2, 0.25) is 0 Å². The van der Waals surface area contributed by atoms with Gasteiger partial charge in [0.25, 0.3) is 5.91 Å². The predicted octanol–water partition coefficient (Wildman–Crippen LogP) is 3.37. The Morgan fingerprint density at radius 3 is 2.67 bits per heavy atom. The van der Waals surface area contributed by atoms with E-state index < -0.39 is 0 Å². The molecule has 0 bridgehead atoms. The fraction of sp³-hybridized carbons (Fsp3) is 0.412. The van der Waals surface area contributed by atoms with Gasteiger partial charge in [-0.15, -0.1) is 0 Å². The highest BCUT2D eigenvalue weighted by Crippen LogP contribution is 2.22. The third-order valence-corrected chi connectivity index (χ3v) is 4.31. The fourth-order valence-corrected chi connectivity index (χ4v) is 2.70. The fourth-order valence-electron chi connectivity index (χ4n) is 2.40. The van der Waals surface area contributed by atoms with Gasteiger partial charge in [-0.3, -0.25) is 9.48 Å². The minimum atomic E-state index is -0.167. The van der Waals surface area contributed by atoms with Crippen molar-refractivity contribution in [2.45, 2.75) is 26.3 Å². The second-order valence-electron chi connectivity index (χ2n) is 5.93. The number of rotatable bonds is 7. The summed E-state index contributed by atoms with van der Waals surface area (Å²) in [6.07, 6.45) is 2.02. The normalized spacial score (nSPS) is 11.1. The number of carbonyl (C=O) groups excluding carboxylic acids is 1. The second-order valence-corrected chi connectivity index (χ2v) is 6.74. The molecule has 0 atom stereocenters. The molecule has 1 aromatic carbocycles. The van der Waals surface area contributed by atoms with Gasteiger partial charge < -0.3 is 10.6 Å². The molecule has 1 heterocycles. The van der Waals surface area contributed by atoms with Crippen LogP contribution in [-0.2, 0) is 13.6 Å². The molecule has 2 N–H and O–H groups in total. The topological polar surface area (TPSA) is 59.0 Å². The largest absolute Gasteiger partial charge is 0.351 e. The Bertz CT molecular complexity index is 713. The van der Waals surface area contributed by atoms with Gasteiger partial charge in [0.15, 0.2) is 0 Å². The molecule has 5 nitrogen and oxygen atoms in total. The molecule has 7 heteroatoms. The Labute approximate surface area is 152 Å². The summed E-state index contributed by atoms with van der Waals surface area (Å²) >= 11 is 11.8. The van der Waals surface area contributed by atoms with Crippen LogP contribution in [0.4, 0.5) is 0 Å². The molecule has 0 aliphatic carbocycles. The molecule has 0 saturated carbocycles. The molecular formula is C17H22Cl2N4O. The van der Waals surface area contributed by atoms with Crippen LogP contribution in [0, 0.1) is 0 Å². The van der Waals surface area contributed by atoms with E-state index in [9.17, 15) is 4.79 Å². The summed E-state index contributed by atoms with van der Waals surface area (Å²) in [6, 6.07) is 4.84. The Hall–Kier alpha value is -1.56. The number of aromatic nitrogens is 2. The summed E-state index contributed by atoms with van der Waals surface area (Å²) in [6.45, 7) is 6.17. The van der Waals surface area contributed by atoms with Crippen molar-refractivity contribution in [2.24, 2.45) is 7.05 Å². The van der Waals surface area contributed by atoms with E-state index in [1.165, 1.54) is 5.56 Å². The molecular weight excluding hydrogens is 347 g/mol. The van der Waals surface area contributed by atoms with E-state index in [1.807, 2.05) is 17.9 Å². The highest BCUT2D eigenvalue weighted by Gasteiger charge is 2.11. The first kappa shape index (κ1) is 18.8. The van der Waals surface area contributed by atoms with Crippen LogP contribution >= 0.6 is 23.2 Å². The first-order chi connectivity index (χ1) is 11.4. The first-order valence-corrected chi connectivity index (χ1v) is 8.60. The van der Waals surface area contributed by atoms with Gasteiger partial charge in [-0.25, -0.2) is 0 Å². The van der Waals surface area contributed by atoms with Gasteiger partial charge in [-0.05, 0) is 24.1 Å². The van der Waals surface area contributed by atoms with Crippen molar-refractivity contribution in [3.8, 4) is 0 Å². The van der Waals surface area contributed by atoms with E-state index in [0.717, 1.165) is 12.2 Å². The maximum absolute atomic E-state index is 12.0. The van der Waals surface area contributed by atoms with E-state index >= 15 is 0 Å². The average molecular weight is 369 g/mol. The maximum atomic E-state index is 12.0. The number of nitrogens with one attached hydrogen (secondary N) is 2. The van der Waals surface area contributed by atoms with Crippen LogP contribution in [0.1, 0.15) is 41.4 Å². The number of aryl methyl sites for hydroxylation is 1. The van der Waals surface area contributed by atoms with E-state index in [0.29, 0.717) is 34.6 Å². The Kier molecular flexibility index (Phi) is 6.66. The Morgan fingerprint density at radius 2 is 2.00 bits per heavy atom. The summed E-state index contributed by atoms with van der Waals surface area (Å²) in [5.41, 5.74) is 2.78. The highest BCUT2D eigenvalue weighted by molar-refractivity contribution is 6.42. The highest BCUT2D eigenvalue weighted by atomic mass is 35.5. The predicted molar refractivity (Wildman–Crippen MR) is 97.8 cm³/mol. The lowest BCUT2D eigenvalue weighted by atomic mass is 10.1. The minimum absolute atomic E-state index is 0.167. The van der Waals surface area contributed by atoms with E-state index in [-0.39, 0.29) is 5.91 Å². The summed E-state index contributed by atoms with van der Waals surface area (Å²) in [5.74, 6) is 0.219. The third-order valence-electron chi connectivity index (χ3n) is 3.57. The average Bonchev–Trinajstić information content (AvgIpc) is 2.90. The van der Waals surface area contributed by atoms with Crippen LogP contribution in [0.3, 0.4) is 0 Å². The van der Waals surface area contributed by atoms with Crippen LogP contribution in [0.2, 0.25) is 10.0 Å². The smallest absolute Gasteiger partial charge is 0.251 e. The van der Waals surface area contributed by atoms with Crippen molar-refractivity contribution in [2.75, 3.05) is 13.1 Å². The zero-order chi connectivity index (χ0) is 17.7. The molecule has 0 aliphatic heterocycles. The van der Waals surface area contributed by atoms with Crippen molar-refractivity contribution in [3.05, 3.63) is 51.3 Å². The SMILES string of the molecule is CC(C)c1nn(C)cc1CNCCNC(=O)c1ccc(Cl)c(Cl)c1. The molecule has 2 rings (SSSR count). The van der Waals surface area contributed by atoms with Crippen molar-refractivity contribution >= 4 is 29.1 Å². The van der Waals surface area contributed by atoms with Crippen LogP contribution in [-0.4, -0.2) is 28.8 Å². The molecule has 0 aliphatic rings. The van der Waals surface area contributed by atoms with Crippen LogP contribution in [0.15, 0.2) is 24.4 Å². The number of benzene rings is 1. The number of hydrogen-bond donors (Lipinski definition) is 2. The first-order valence-electron chi connectivity index (χ1n) is 7.85. The molecule has 1 amide bonds. The standard InChI is InChI=1S/C17H22Cl2N4O/c1-11(2)16-13(10-23(3)22-16)9-20-6-7-21-17(24)12-4-5-14(18)15(19)8-12/h4-5,8,10-11,20H,6-7,9H2,1-3H3,(H,21,24). The molecule has 2 aromatic rings. The quantitative estimate of drug-likeness (QED) is 0.736. The Morgan fingerprint density at radius 1 is 1.25 bits per heavy atom. The van der Waals surface area contributed by atoms with E-state index in [4.69, 9.17) is 23.2 Å². The zero-order valence-electron chi connectivity index (χ0n) is 14.1. The molecule has 130 valence electrons. The monoisotopic (exact) mass is 368 g/mol. The molecule has 0 fully saturated rings. The molecule has 0 unspecified atom stereocenters. The zero-order valence-corrected chi connectivity index (χ0v) is 15.6. The van der Waals surface area contributed by atoms with Crippen molar-refractivity contribution in [3.63, 3.8) is 0 Å². The van der Waals surface area contributed by atoms with Crippen LogP contribution < -0.4 is 10.6 Å². The number of hydrogen-bond acceptors (Lipinski definition) is 3. The summed E-state index contributed by atoms with van der Waals surface area (Å²) in [7, 11) is 1.92. The van der Waals surface area contributed by atoms with Gasteiger partial charge in [0.05, 0.1) is 15.7 Å². The molecule has 0 radical (unpaired) electrons. The van der Waals surface area contributed by atoms with Gasteiger partial charge in [0.1, 0.15) is 0 Å². The second kappa shape index (κ2) is 8.51. The van der Waals surface area contributed by atoms with Gasteiger partial charge in [0, 0.05) is 44.0 Å². The number of amides is 1. The van der Waals surface area contributed by atoms with Crippen molar-refractivity contribution in [1.82, 2.24) is 20.4 Å². The van der Waals surface area contributed by atoms with Gasteiger partial charge in [-0.2, -0.15) is 5.10 Å². The molecule has 1 aromatic heterocycles. The number of nitrogens with zero attached hydrogens (tertiary/aromatic N) is 2. The van der Waals surface area contributed by atoms with Crippen LogP contribution in [0.25, 0.3) is 0 Å².